The molecule has 0 spiro atoms. The number of carboxylic acid groups (broad SMARTS) is 1. The van der Waals surface area contributed by atoms with E-state index in [1.165, 1.54) is 0 Å². The van der Waals surface area contributed by atoms with Crippen molar-refractivity contribution in [3.8, 4) is 0 Å². The molecule has 0 fully saturated rings. The van der Waals surface area contributed by atoms with Gasteiger partial charge in [-0.05, 0) is 6.42 Å². The fourth-order valence-electron chi connectivity index (χ4n) is 1.11. The maximum absolute atomic E-state index is 11.2. The van der Waals surface area contributed by atoms with Gasteiger partial charge in [-0.3, -0.25) is 4.79 Å². The van der Waals surface area contributed by atoms with Gasteiger partial charge in [-0.25, -0.2) is 0 Å². The molecule has 2 atom stereocenters. The molecule has 2 N–H and O–H groups in total. The number of carboxylic acids is 1. The second-order valence-corrected chi connectivity index (χ2v) is 3.11. The van der Waals surface area contributed by atoms with Gasteiger partial charge in [0.05, 0.1) is 18.5 Å². The van der Waals surface area contributed by atoms with Crippen LogP contribution < -0.4 is 5.11 Å². The summed E-state index contributed by atoms with van der Waals surface area (Å²) in [7, 11) is 0. The number of hydrogen-bond acceptors (Lipinski definition) is 5. The summed E-state index contributed by atoms with van der Waals surface area (Å²) in [6.07, 6.45) is -0.140. The Morgan fingerprint density at radius 2 is 2.00 bits per heavy atom. The minimum Gasteiger partial charge on any atom is -0.549 e. The van der Waals surface area contributed by atoms with E-state index in [4.69, 9.17) is 10.2 Å². The zero-order valence-electron chi connectivity index (χ0n) is 8.10. The molecule has 0 aliphatic rings. The van der Waals surface area contributed by atoms with Crippen molar-refractivity contribution < 1.29 is 24.9 Å². The Bertz CT molecular complexity index is 201. The first kappa shape index (κ1) is 13.1. The largest absolute Gasteiger partial charge is 0.549 e. The first-order chi connectivity index (χ1) is 6.54. The van der Waals surface area contributed by atoms with Crippen molar-refractivity contribution in [1.29, 1.82) is 0 Å². The van der Waals surface area contributed by atoms with E-state index in [1.807, 2.05) is 6.92 Å². The molecule has 0 saturated carbocycles. The number of aliphatic hydroxyl groups is 2. The summed E-state index contributed by atoms with van der Waals surface area (Å²) in [6.45, 7) is 1.11. The maximum Gasteiger partial charge on any atom is 0.172 e. The summed E-state index contributed by atoms with van der Waals surface area (Å²) in [5, 5.41) is 28.0. The van der Waals surface area contributed by atoms with E-state index >= 15 is 0 Å². The Kier molecular flexibility index (Phi) is 6.07. The average Bonchev–Trinajstić information content (AvgIpc) is 2.16. The molecule has 0 aliphatic carbocycles. The minimum atomic E-state index is -1.62. The molecule has 14 heavy (non-hydrogen) atoms. The minimum absolute atomic E-state index is 0.148. The zero-order chi connectivity index (χ0) is 11.1. The number of rotatable bonds is 7. The van der Waals surface area contributed by atoms with Crippen LogP contribution in [-0.4, -0.2) is 34.7 Å². The van der Waals surface area contributed by atoms with E-state index in [-0.39, 0.29) is 6.42 Å². The molecule has 0 radical (unpaired) electrons. The van der Waals surface area contributed by atoms with Gasteiger partial charge in [0.1, 0.15) is 6.10 Å². The van der Waals surface area contributed by atoms with Gasteiger partial charge < -0.3 is 20.1 Å². The number of hydrogen-bond donors (Lipinski definition) is 2. The van der Waals surface area contributed by atoms with E-state index in [2.05, 4.69) is 0 Å². The first-order valence-corrected chi connectivity index (χ1v) is 4.58. The Morgan fingerprint density at radius 3 is 2.36 bits per heavy atom. The van der Waals surface area contributed by atoms with Crippen LogP contribution in [0.5, 0.6) is 0 Å². The molecule has 0 bridgehead atoms. The van der Waals surface area contributed by atoms with Crippen LogP contribution in [-0.2, 0) is 9.59 Å². The summed E-state index contributed by atoms with van der Waals surface area (Å²) in [6, 6.07) is 0. The third kappa shape index (κ3) is 3.85. The van der Waals surface area contributed by atoms with Gasteiger partial charge in [-0.1, -0.05) is 19.8 Å². The fraction of sp³-hybridized carbons (Fsp3) is 0.778. The molecule has 0 rings (SSSR count). The molecule has 5 nitrogen and oxygen atoms in total. The summed E-state index contributed by atoms with van der Waals surface area (Å²) < 4.78 is 0. The summed E-state index contributed by atoms with van der Waals surface area (Å²) in [5.41, 5.74) is 0. The van der Waals surface area contributed by atoms with Gasteiger partial charge in [-0.15, -0.1) is 0 Å². The standard InChI is InChI=1S/C9H16O5/c1-2-3-4-6(9(13)14)8(12)7(11)5-10/h6-7,10-11H,2-5H2,1H3,(H,13,14)/p-1. The Balaban J connectivity index is 4.33. The van der Waals surface area contributed by atoms with E-state index in [1.54, 1.807) is 0 Å². The summed E-state index contributed by atoms with van der Waals surface area (Å²) >= 11 is 0. The van der Waals surface area contributed by atoms with Crippen LogP contribution in [0.2, 0.25) is 0 Å². The number of carbonyl (C=O) groups is 2. The topological polar surface area (TPSA) is 97.7 Å². The molecule has 0 heterocycles. The quantitative estimate of drug-likeness (QED) is 0.489. The highest BCUT2D eigenvalue weighted by molar-refractivity contribution is 5.99. The second kappa shape index (κ2) is 6.50. The lowest BCUT2D eigenvalue weighted by Crippen LogP contribution is -2.42. The van der Waals surface area contributed by atoms with E-state index in [9.17, 15) is 14.7 Å². The predicted molar refractivity (Wildman–Crippen MR) is 46.1 cm³/mol. The number of ketones is 1. The van der Waals surface area contributed by atoms with Crippen LogP contribution in [0.3, 0.4) is 0 Å². The van der Waals surface area contributed by atoms with Crippen LogP contribution in [0, 0.1) is 5.92 Å². The van der Waals surface area contributed by atoms with E-state index < -0.39 is 30.4 Å². The highest BCUT2D eigenvalue weighted by Gasteiger charge is 2.25. The SMILES string of the molecule is CCCCC(C(=O)[O-])C(=O)C(O)CO. The zero-order valence-corrected chi connectivity index (χ0v) is 8.10. The fourth-order valence-corrected chi connectivity index (χ4v) is 1.11. The molecule has 0 saturated heterocycles. The molecule has 0 amide bonds. The van der Waals surface area contributed by atoms with E-state index in [0.717, 1.165) is 6.42 Å². The molecule has 0 aromatic rings. The monoisotopic (exact) mass is 203 g/mol. The third-order valence-electron chi connectivity index (χ3n) is 1.98. The highest BCUT2D eigenvalue weighted by atomic mass is 16.4. The van der Waals surface area contributed by atoms with Crippen molar-refractivity contribution in [3.05, 3.63) is 0 Å². The Morgan fingerprint density at radius 1 is 1.43 bits per heavy atom. The van der Waals surface area contributed by atoms with Gasteiger partial charge >= 0.3 is 0 Å². The third-order valence-corrected chi connectivity index (χ3v) is 1.98. The lowest BCUT2D eigenvalue weighted by atomic mass is 9.94. The lowest BCUT2D eigenvalue weighted by molar-refractivity contribution is -0.310. The highest BCUT2D eigenvalue weighted by Crippen LogP contribution is 2.11. The van der Waals surface area contributed by atoms with Crippen molar-refractivity contribution in [2.45, 2.75) is 32.3 Å². The van der Waals surface area contributed by atoms with Crippen molar-refractivity contribution >= 4 is 11.8 Å². The number of aliphatic carboxylic acids is 1. The molecule has 0 aromatic heterocycles. The normalized spacial score (nSPS) is 14.8. The molecule has 82 valence electrons. The van der Waals surface area contributed by atoms with Gasteiger partial charge in [0, 0.05) is 0 Å². The van der Waals surface area contributed by atoms with Crippen LogP contribution in [0.15, 0.2) is 0 Å². The lowest BCUT2D eigenvalue weighted by Gasteiger charge is -2.18. The average molecular weight is 203 g/mol. The molecule has 2 unspecified atom stereocenters. The van der Waals surface area contributed by atoms with Crippen LogP contribution in [0.1, 0.15) is 26.2 Å². The molecule has 0 aliphatic heterocycles. The molecule has 0 aromatic carbocycles. The van der Waals surface area contributed by atoms with Crippen LogP contribution in [0.4, 0.5) is 0 Å². The smallest absolute Gasteiger partial charge is 0.172 e. The van der Waals surface area contributed by atoms with Crippen molar-refractivity contribution in [3.63, 3.8) is 0 Å². The number of unbranched alkanes of at least 4 members (excludes halogenated alkanes) is 1. The Labute approximate surface area is 82.4 Å². The van der Waals surface area contributed by atoms with Gasteiger partial charge in [0.25, 0.3) is 0 Å². The van der Waals surface area contributed by atoms with E-state index in [0.29, 0.717) is 6.42 Å². The van der Waals surface area contributed by atoms with Crippen LogP contribution >= 0.6 is 0 Å². The summed E-state index contributed by atoms with van der Waals surface area (Å²) in [5.74, 6) is -3.67. The Hall–Kier alpha value is -0.940. The molecular weight excluding hydrogens is 188 g/mol. The molecular formula is C9H15O5-. The van der Waals surface area contributed by atoms with Crippen molar-refractivity contribution in [2.24, 2.45) is 5.92 Å². The number of carbonyl (C=O) groups excluding carboxylic acids is 2. The predicted octanol–water partition coefficient (Wildman–Crippen LogP) is -1.53. The summed E-state index contributed by atoms with van der Waals surface area (Å²) in [4.78, 5) is 21.7. The van der Waals surface area contributed by atoms with Gasteiger partial charge in [-0.2, -0.15) is 0 Å². The first-order valence-electron chi connectivity index (χ1n) is 4.58. The second-order valence-electron chi connectivity index (χ2n) is 3.11. The van der Waals surface area contributed by atoms with Crippen molar-refractivity contribution in [2.75, 3.05) is 6.61 Å². The van der Waals surface area contributed by atoms with Gasteiger partial charge in [0.2, 0.25) is 0 Å². The van der Waals surface area contributed by atoms with Crippen LogP contribution in [0.25, 0.3) is 0 Å². The maximum atomic E-state index is 11.2. The molecule has 5 heteroatoms. The number of Topliss-reactive ketones (excluding diaryl/α,β-unsaturated/α-hetero) is 1. The number of aliphatic hydroxyl groups excluding tert-OH is 2. The van der Waals surface area contributed by atoms with Crippen molar-refractivity contribution in [1.82, 2.24) is 0 Å². The van der Waals surface area contributed by atoms with Gasteiger partial charge in [0.15, 0.2) is 5.78 Å².